The van der Waals surface area contributed by atoms with E-state index in [0.717, 1.165) is 0 Å². The maximum Gasteiger partial charge on any atom is 0.317 e. The number of ether oxygens (including phenoxy) is 2. The van der Waals surface area contributed by atoms with Gasteiger partial charge in [-0.05, 0) is 37.5 Å². The van der Waals surface area contributed by atoms with Gasteiger partial charge in [-0.25, -0.2) is 4.79 Å². The number of benzene rings is 1. The molecule has 0 heterocycles. The highest BCUT2D eigenvalue weighted by Crippen LogP contribution is 2.19. The van der Waals surface area contributed by atoms with Gasteiger partial charge in [-0.1, -0.05) is 26.0 Å². The Kier molecular flexibility index (Phi) is 7.94. The van der Waals surface area contributed by atoms with E-state index in [9.17, 15) is 9.59 Å². The van der Waals surface area contributed by atoms with Crippen LogP contribution in [0.25, 0.3) is 0 Å². The Bertz CT molecular complexity index is 500. The second-order valence-electron chi connectivity index (χ2n) is 5.44. The topological polar surface area (TPSA) is 76.7 Å². The Morgan fingerprint density at radius 2 is 1.78 bits per heavy atom. The lowest BCUT2D eigenvalue weighted by molar-refractivity contribution is -0.142. The molecule has 1 aromatic carbocycles. The van der Waals surface area contributed by atoms with Crippen LogP contribution >= 0.6 is 0 Å². The van der Waals surface area contributed by atoms with Crippen molar-refractivity contribution in [3.05, 3.63) is 29.8 Å². The highest BCUT2D eigenvalue weighted by atomic mass is 16.5. The largest absolute Gasteiger partial charge is 0.471 e. The molecule has 0 aliphatic heterocycles. The predicted octanol–water partition coefficient (Wildman–Crippen LogP) is 2.79. The molecular weight excluding hydrogens is 296 g/mol. The second kappa shape index (κ2) is 9.71. The highest BCUT2D eigenvalue weighted by Gasteiger charge is 2.09. The first-order valence-electron chi connectivity index (χ1n) is 7.89. The average molecular weight is 322 g/mol. The predicted molar refractivity (Wildman–Crippen MR) is 88.4 cm³/mol. The molecule has 0 saturated heterocycles. The van der Waals surface area contributed by atoms with Gasteiger partial charge >= 0.3 is 12.0 Å². The Hall–Kier alpha value is -2.24. The number of hydrogen-bond acceptors (Lipinski definition) is 4. The van der Waals surface area contributed by atoms with Crippen LogP contribution in [0.3, 0.4) is 0 Å². The fourth-order valence-corrected chi connectivity index (χ4v) is 1.91. The Labute approximate surface area is 137 Å². The molecule has 1 rings (SSSR count). The zero-order chi connectivity index (χ0) is 17.2. The van der Waals surface area contributed by atoms with Crippen LogP contribution in [0.4, 0.5) is 4.79 Å². The molecule has 1 unspecified atom stereocenters. The zero-order valence-electron chi connectivity index (χ0n) is 14.2. The van der Waals surface area contributed by atoms with Crippen LogP contribution in [-0.4, -0.2) is 31.4 Å². The van der Waals surface area contributed by atoms with Crippen LogP contribution in [-0.2, 0) is 9.53 Å². The maximum atomic E-state index is 11.7. The Morgan fingerprint density at radius 3 is 2.35 bits per heavy atom. The number of hydrogen-bond donors (Lipinski definition) is 2. The average Bonchev–Trinajstić information content (AvgIpc) is 2.47. The number of nitrogens with one attached hydrogen (secondary N) is 2. The monoisotopic (exact) mass is 322 g/mol. The molecule has 1 atom stereocenters. The fourth-order valence-electron chi connectivity index (χ4n) is 1.91. The van der Waals surface area contributed by atoms with E-state index in [2.05, 4.69) is 24.5 Å². The summed E-state index contributed by atoms with van der Waals surface area (Å²) in [6.07, 6.45) is -0.338. The third-order valence-electron chi connectivity index (χ3n) is 3.11. The summed E-state index contributed by atoms with van der Waals surface area (Å²) in [5.74, 6) is 0.820. The van der Waals surface area contributed by atoms with E-state index in [-0.39, 0.29) is 25.0 Å². The smallest absolute Gasteiger partial charge is 0.317 e. The summed E-state index contributed by atoms with van der Waals surface area (Å²) in [7, 11) is 0. The minimum atomic E-state index is -0.484. The molecule has 1 aromatic rings. The van der Waals surface area contributed by atoms with Gasteiger partial charge in [0.25, 0.3) is 0 Å². The molecule has 2 amide bonds. The van der Waals surface area contributed by atoms with Crippen molar-refractivity contribution in [3.8, 4) is 5.75 Å². The number of esters is 1. The molecule has 2 N–H and O–H groups in total. The van der Waals surface area contributed by atoms with E-state index >= 15 is 0 Å². The van der Waals surface area contributed by atoms with Crippen molar-refractivity contribution in [3.63, 3.8) is 0 Å². The van der Waals surface area contributed by atoms with Crippen LogP contribution in [0.5, 0.6) is 5.75 Å². The first-order chi connectivity index (χ1) is 10.9. The number of urea groups is 1. The van der Waals surface area contributed by atoms with Gasteiger partial charge < -0.3 is 20.1 Å². The molecule has 0 bridgehead atoms. The summed E-state index contributed by atoms with van der Waals surface area (Å²) in [5, 5.41) is 5.23. The van der Waals surface area contributed by atoms with Crippen LogP contribution in [0.15, 0.2) is 24.3 Å². The molecule has 23 heavy (non-hydrogen) atoms. The molecule has 128 valence electrons. The third kappa shape index (κ3) is 7.54. The minimum Gasteiger partial charge on any atom is -0.471 e. The molecule has 6 nitrogen and oxygen atoms in total. The molecule has 0 aliphatic carbocycles. The molecule has 0 aliphatic rings. The number of amides is 2. The molecule has 0 radical (unpaired) electrons. The summed E-state index contributed by atoms with van der Waals surface area (Å²) in [5.41, 5.74) is 1.23. The van der Waals surface area contributed by atoms with Gasteiger partial charge in [-0.3, -0.25) is 4.79 Å². The lowest BCUT2D eigenvalue weighted by Crippen LogP contribution is -2.43. The summed E-state index contributed by atoms with van der Waals surface area (Å²) in [6.45, 7) is 8.29. The van der Waals surface area contributed by atoms with Crippen LogP contribution in [0.2, 0.25) is 0 Å². The van der Waals surface area contributed by atoms with Gasteiger partial charge in [0.05, 0.1) is 13.0 Å². The standard InChI is InChI=1S/C17H26N2O4/c1-5-22-16(20)10-11-18-17(21)19-13(4)23-15-8-6-14(7-9-15)12(2)3/h6-9,12-13H,5,10-11H2,1-4H3,(H2,18,19,21). The van der Waals surface area contributed by atoms with Crippen molar-refractivity contribution in [2.24, 2.45) is 0 Å². The fraction of sp³-hybridized carbons (Fsp3) is 0.529. The van der Waals surface area contributed by atoms with Crippen molar-refractivity contribution in [2.75, 3.05) is 13.2 Å². The Morgan fingerprint density at radius 1 is 1.13 bits per heavy atom. The second-order valence-corrected chi connectivity index (χ2v) is 5.44. The first kappa shape index (κ1) is 18.8. The van der Waals surface area contributed by atoms with Gasteiger partial charge in [-0.2, -0.15) is 0 Å². The quantitative estimate of drug-likeness (QED) is 0.570. The maximum absolute atomic E-state index is 11.7. The van der Waals surface area contributed by atoms with Crippen LogP contribution in [0.1, 0.15) is 45.6 Å². The van der Waals surface area contributed by atoms with E-state index in [1.165, 1.54) is 5.56 Å². The SMILES string of the molecule is CCOC(=O)CCNC(=O)NC(C)Oc1ccc(C(C)C)cc1. The van der Waals surface area contributed by atoms with Crippen molar-refractivity contribution in [1.29, 1.82) is 0 Å². The number of carbonyl (C=O) groups excluding carboxylic acids is 2. The van der Waals surface area contributed by atoms with Gasteiger partial charge in [0.15, 0.2) is 6.23 Å². The molecule has 0 saturated carbocycles. The molecule has 0 fully saturated rings. The summed E-state index contributed by atoms with van der Waals surface area (Å²) in [4.78, 5) is 22.8. The normalized spacial score (nSPS) is 11.7. The van der Waals surface area contributed by atoms with Crippen LogP contribution < -0.4 is 15.4 Å². The summed E-state index contributed by atoms with van der Waals surface area (Å²) < 4.78 is 10.4. The number of carbonyl (C=O) groups is 2. The van der Waals surface area contributed by atoms with Crippen molar-refractivity contribution in [1.82, 2.24) is 10.6 Å². The van der Waals surface area contributed by atoms with Crippen molar-refractivity contribution >= 4 is 12.0 Å². The molecule has 0 aromatic heterocycles. The molecular formula is C17H26N2O4. The van der Waals surface area contributed by atoms with E-state index in [0.29, 0.717) is 18.3 Å². The molecule has 0 spiro atoms. The van der Waals surface area contributed by atoms with Gasteiger partial charge in [-0.15, -0.1) is 0 Å². The molecule has 6 heteroatoms. The third-order valence-corrected chi connectivity index (χ3v) is 3.11. The van der Waals surface area contributed by atoms with Gasteiger partial charge in [0, 0.05) is 6.54 Å². The van der Waals surface area contributed by atoms with Crippen molar-refractivity contribution < 1.29 is 19.1 Å². The lowest BCUT2D eigenvalue weighted by atomic mass is 10.0. The van der Waals surface area contributed by atoms with Gasteiger partial charge in [0.2, 0.25) is 0 Å². The van der Waals surface area contributed by atoms with Crippen LogP contribution in [0, 0.1) is 0 Å². The summed E-state index contributed by atoms with van der Waals surface area (Å²) in [6, 6.07) is 7.39. The summed E-state index contributed by atoms with van der Waals surface area (Å²) >= 11 is 0. The Balaban J connectivity index is 2.31. The minimum absolute atomic E-state index is 0.146. The first-order valence-corrected chi connectivity index (χ1v) is 7.89. The van der Waals surface area contributed by atoms with E-state index < -0.39 is 6.23 Å². The van der Waals surface area contributed by atoms with E-state index in [1.54, 1.807) is 13.8 Å². The number of rotatable bonds is 8. The zero-order valence-corrected chi connectivity index (χ0v) is 14.2. The van der Waals surface area contributed by atoms with E-state index in [1.807, 2.05) is 24.3 Å². The lowest BCUT2D eigenvalue weighted by Gasteiger charge is -2.17. The van der Waals surface area contributed by atoms with Crippen molar-refractivity contribution in [2.45, 2.75) is 46.3 Å². The highest BCUT2D eigenvalue weighted by molar-refractivity contribution is 5.75. The van der Waals surface area contributed by atoms with E-state index in [4.69, 9.17) is 9.47 Å². The van der Waals surface area contributed by atoms with Gasteiger partial charge in [0.1, 0.15) is 5.75 Å².